The van der Waals surface area contributed by atoms with Crippen molar-refractivity contribution < 1.29 is 23.1 Å². The number of hydrogen-bond donors (Lipinski definition) is 1. The molecule has 0 aliphatic heterocycles. The van der Waals surface area contributed by atoms with Crippen molar-refractivity contribution in [2.75, 3.05) is 11.9 Å². The highest BCUT2D eigenvalue weighted by atomic mass is 19.1. The SMILES string of the molecule is CCCN(C(=O)c1ccc(COc2ccc(F)cc2)o1)C(C)C(=O)Nc1ccccc1. The van der Waals surface area contributed by atoms with Gasteiger partial charge in [-0.2, -0.15) is 0 Å². The van der Waals surface area contributed by atoms with Crippen molar-refractivity contribution in [3.63, 3.8) is 0 Å². The molecule has 1 atom stereocenters. The van der Waals surface area contributed by atoms with Crippen LogP contribution in [0.5, 0.6) is 5.75 Å². The highest BCUT2D eigenvalue weighted by molar-refractivity contribution is 5.99. The summed E-state index contributed by atoms with van der Waals surface area (Å²) in [5, 5.41) is 2.82. The molecule has 1 unspecified atom stereocenters. The minimum Gasteiger partial charge on any atom is -0.486 e. The van der Waals surface area contributed by atoms with Crippen LogP contribution in [0.3, 0.4) is 0 Å². The quantitative estimate of drug-likeness (QED) is 0.532. The zero-order chi connectivity index (χ0) is 22.2. The third kappa shape index (κ3) is 5.94. The average molecular weight is 424 g/mol. The summed E-state index contributed by atoms with van der Waals surface area (Å²) in [4.78, 5) is 27.2. The first-order chi connectivity index (χ1) is 15.0. The number of furan rings is 1. The van der Waals surface area contributed by atoms with Crippen LogP contribution in [0.4, 0.5) is 10.1 Å². The third-order valence-corrected chi connectivity index (χ3v) is 4.68. The molecule has 2 amide bonds. The van der Waals surface area contributed by atoms with Crippen molar-refractivity contribution >= 4 is 17.5 Å². The van der Waals surface area contributed by atoms with Crippen molar-refractivity contribution in [1.29, 1.82) is 0 Å². The molecule has 0 aliphatic rings. The summed E-state index contributed by atoms with van der Waals surface area (Å²) >= 11 is 0. The lowest BCUT2D eigenvalue weighted by atomic mass is 10.2. The largest absolute Gasteiger partial charge is 0.486 e. The van der Waals surface area contributed by atoms with E-state index in [1.54, 1.807) is 31.2 Å². The van der Waals surface area contributed by atoms with Gasteiger partial charge in [0, 0.05) is 12.2 Å². The molecular formula is C24H25FN2O4. The highest BCUT2D eigenvalue weighted by Crippen LogP contribution is 2.18. The number of hydrogen-bond acceptors (Lipinski definition) is 4. The van der Waals surface area contributed by atoms with Gasteiger partial charge < -0.3 is 19.4 Å². The summed E-state index contributed by atoms with van der Waals surface area (Å²) < 4.78 is 24.2. The molecule has 162 valence electrons. The van der Waals surface area contributed by atoms with E-state index < -0.39 is 6.04 Å². The van der Waals surface area contributed by atoms with Crippen molar-refractivity contribution in [1.82, 2.24) is 4.90 Å². The van der Waals surface area contributed by atoms with Gasteiger partial charge in [0.15, 0.2) is 5.76 Å². The Kier molecular flexibility index (Phi) is 7.43. The number of anilines is 1. The first-order valence-electron chi connectivity index (χ1n) is 10.1. The Morgan fingerprint density at radius 1 is 1.06 bits per heavy atom. The highest BCUT2D eigenvalue weighted by Gasteiger charge is 2.28. The Morgan fingerprint density at radius 3 is 2.45 bits per heavy atom. The molecule has 0 saturated carbocycles. The molecule has 6 nitrogen and oxygen atoms in total. The number of carbonyl (C=O) groups is 2. The predicted molar refractivity (Wildman–Crippen MR) is 115 cm³/mol. The summed E-state index contributed by atoms with van der Waals surface area (Å²) in [6.45, 7) is 4.13. The van der Waals surface area contributed by atoms with Gasteiger partial charge in [-0.1, -0.05) is 25.1 Å². The van der Waals surface area contributed by atoms with Gasteiger partial charge in [0.2, 0.25) is 5.91 Å². The van der Waals surface area contributed by atoms with Crippen molar-refractivity contribution in [3.05, 3.63) is 84.1 Å². The Balaban J connectivity index is 1.65. The molecule has 1 aromatic heterocycles. The van der Waals surface area contributed by atoms with E-state index in [-0.39, 0.29) is 30.0 Å². The van der Waals surface area contributed by atoms with Crippen LogP contribution >= 0.6 is 0 Å². The second kappa shape index (κ2) is 10.4. The Hall–Kier alpha value is -3.61. The first-order valence-corrected chi connectivity index (χ1v) is 10.1. The van der Waals surface area contributed by atoms with E-state index in [0.29, 0.717) is 30.2 Å². The number of para-hydroxylation sites is 1. The summed E-state index contributed by atoms with van der Waals surface area (Å²) in [6.07, 6.45) is 0.690. The third-order valence-electron chi connectivity index (χ3n) is 4.68. The van der Waals surface area contributed by atoms with E-state index in [9.17, 15) is 14.0 Å². The molecule has 3 rings (SSSR count). The number of amides is 2. The molecule has 7 heteroatoms. The number of nitrogens with one attached hydrogen (secondary N) is 1. The van der Waals surface area contributed by atoms with Crippen molar-refractivity contribution in [2.45, 2.75) is 32.9 Å². The molecule has 31 heavy (non-hydrogen) atoms. The van der Waals surface area contributed by atoms with Crippen LogP contribution in [0.1, 0.15) is 36.6 Å². The Morgan fingerprint density at radius 2 is 1.77 bits per heavy atom. The van der Waals surface area contributed by atoms with Crippen LogP contribution in [0.2, 0.25) is 0 Å². The summed E-state index contributed by atoms with van der Waals surface area (Å²) in [6, 6.07) is 17.3. The summed E-state index contributed by atoms with van der Waals surface area (Å²) in [5.74, 6) is 0.0743. The van der Waals surface area contributed by atoms with E-state index in [4.69, 9.17) is 9.15 Å². The number of rotatable bonds is 9. The zero-order valence-electron chi connectivity index (χ0n) is 17.5. The van der Waals surface area contributed by atoms with E-state index in [0.717, 1.165) is 0 Å². The second-order valence-electron chi connectivity index (χ2n) is 7.04. The van der Waals surface area contributed by atoms with Crippen LogP contribution < -0.4 is 10.1 Å². The molecular weight excluding hydrogens is 399 g/mol. The summed E-state index contributed by atoms with van der Waals surface area (Å²) in [5.41, 5.74) is 0.668. The number of ether oxygens (including phenoxy) is 1. The fourth-order valence-electron chi connectivity index (χ4n) is 3.02. The molecule has 1 N–H and O–H groups in total. The maximum atomic E-state index is 13.0. The van der Waals surface area contributed by atoms with Gasteiger partial charge in [0.25, 0.3) is 5.91 Å². The monoisotopic (exact) mass is 424 g/mol. The normalized spacial score (nSPS) is 11.6. The van der Waals surface area contributed by atoms with Gasteiger partial charge in [0.05, 0.1) is 0 Å². The van der Waals surface area contributed by atoms with Crippen LogP contribution in [0.25, 0.3) is 0 Å². The molecule has 2 aromatic carbocycles. The molecule has 0 radical (unpaired) electrons. The van der Waals surface area contributed by atoms with Gasteiger partial charge in [-0.3, -0.25) is 9.59 Å². The van der Waals surface area contributed by atoms with Crippen LogP contribution in [-0.4, -0.2) is 29.3 Å². The van der Waals surface area contributed by atoms with E-state index in [1.807, 2.05) is 25.1 Å². The van der Waals surface area contributed by atoms with E-state index in [1.165, 1.54) is 29.2 Å². The average Bonchev–Trinajstić information content (AvgIpc) is 3.26. The molecule has 0 saturated heterocycles. The molecule has 0 spiro atoms. The molecule has 3 aromatic rings. The number of benzene rings is 2. The lowest BCUT2D eigenvalue weighted by molar-refractivity contribution is -0.120. The number of carbonyl (C=O) groups excluding carboxylic acids is 2. The lowest BCUT2D eigenvalue weighted by Gasteiger charge is -2.27. The Bertz CT molecular complexity index is 1000. The Labute approximate surface area is 180 Å². The van der Waals surface area contributed by atoms with Crippen LogP contribution in [0.15, 0.2) is 71.1 Å². The smallest absolute Gasteiger partial charge is 0.290 e. The second-order valence-corrected chi connectivity index (χ2v) is 7.04. The number of nitrogens with zero attached hydrogens (tertiary/aromatic N) is 1. The first kappa shape index (κ1) is 22.1. The maximum Gasteiger partial charge on any atom is 0.290 e. The molecule has 0 fully saturated rings. The lowest BCUT2D eigenvalue weighted by Crippen LogP contribution is -2.45. The van der Waals surface area contributed by atoms with Crippen LogP contribution in [-0.2, 0) is 11.4 Å². The minimum atomic E-state index is -0.684. The topological polar surface area (TPSA) is 71.8 Å². The van der Waals surface area contributed by atoms with E-state index in [2.05, 4.69) is 5.32 Å². The summed E-state index contributed by atoms with van der Waals surface area (Å²) in [7, 11) is 0. The van der Waals surface area contributed by atoms with Gasteiger partial charge in [-0.25, -0.2) is 4.39 Å². The van der Waals surface area contributed by atoms with Gasteiger partial charge in [0.1, 0.15) is 30.0 Å². The molecule has 1 heterocycles. The number of halogens is 1. The predicted octanol–water partition coefficient (Wildman–Crippen LogP) is 4.88. The van der Waals surface area contributed by atoms with Gasteiger partial charge in [-0.05, 0) is 61.9 Å². The van der Waals surface area contributed by atoms with Crippen LogP contribution in [0, 0.1) is 5.82 Å². The van der Waals surface area contributed by atoms with E-state index >= 15 is 0 Å². The van der Waals surface area contributed by atoms with Gasteiger partial charge in [-0.15, -0.1) is 0 Å². The zero-order valence-corrected chi connectivity index (χ0v) is 17.5. The molecule has 0 aliphatic carbocycles. The maximum absolute atomic E-state index is 13.0. The van der Waals surface area contributed by atoms with Crippen molar-refractivity contribution in [3.8, 4) is 5.75 Å². The molecule has 0 bridgehead atoms. The fraction of sp³-hybridized carbons (Fsp3) is 0.250. The standard InChI is InChI=1S/C24H25FN2O4/c1-3-15-27(17(2)23(28)26-19-7-5-4-6-8-19)24(29)22-14-13-21(31-22)16-30-20-11-9-18(25)10-12-20/h4-14,17H,3,15-16H2,1-2H3,(H,26,28). The van der Waals surface area contributed by atoms with Gasteiger partial charge >= 0.3 is 0 Å². The fourth-order valence-corrected chi connectivity index (χ4v) is 3.02. The minimum absolute atomic E-state index is 0.0940. The van der Waals surface area contributed by atoms with Crippen molar-refractivity contribution in [2.24, 2.45) is 0 Å².